The molecule has 110 valence electrons. The van der Waals surface area contributed by atoms with Crippen LogP contribution in [0.5, 0.6) is 0 Å². The van der Waals surface area contributed by atoms with Crippen LogP contribution in [0, 0.1) is 0 Å². The molecule has 0 rings (SSSR count). The van der Waals surface area contributed by atoms with Crippen LogP contribution in [0.1, 0.15) is 6.42 Å². The summed E-state index contributed by atoms with van der Waals surface area (Å²) in [6.07, 6.45) is -2.63. The molecular formula is C8H15FN4O6. The van der Waals surface area contributed by atoms with Crippen molar-refractivity contribution >= 4 is 23.8 Å². The van der Waals surface area contributed by atoms with Gasteiger partial charge in [-0.15, -0.1) is 0 Å². The lowest BCUT2D eigenvalue weighted by Gasteiger charge is -2.07. The molecule has 10 nitrogen and oxygen atoms in total. The molecule has 0 spiro atoms. The highest BCUT2D eigenvalue weighted by Crippen LogP contribution is 1.94. The lowest BCUT2D eigenvalue weighted by Crippen LogP contribution is -2.46. The fourth-order valence-corrected chi connectivity index (χ4v) is 0.606. The molecule has 11 heteroatoms. The Bertz CT molecular complexity index is 345. The van der Waals surface area contributed by atoms with Gasteiger partial charge >= 0.3 is 11.9 Å². The average molecular weight is 282 g/mol. The van der Waals surface area contributed by atoms with Crippen molar-refractivity contribution in [3.8, 4) is 0 Å². The van der Waals surface area contributed by atoms with E-state index in [0.717, 1.165) is 0 Å². The van der Waals surface area contributed by atoms with E-state index in [2.05, 4.69) is 17.2 Å². The second-order valence-electron chi connectivity index (χ2n) is 3.28. The number of rotatable bonds is 6. The summed E-state index contributed by atoms with van der Waals surface area (Å²) >= 11 is 0. The highest BCUT2D eigenvalue weighted by Gasteiger charge is 2.28. The van der Waals surface area contributed by atoms with Crippen LogP contribution in [0.4, 0.5) is 4.39 Å². The molecule has 0 radical (unpaired) electrons. The van der Waals surface area contributed by atoms with E-state index in [1.165, 1.54) is 0 Å². The van der Waals surface area contributed by atoms with Gasteiger partial charge in [-0.2, -0.15) is 0 Å². The van der Waals surface area contributed by atoms with Crippen LogP contribution in [0.15, 0.2) is 0 Å². The van der Waals surface area contributed by atoms with Gasteiger partial charge in [-0.05, 0) is 0 Å². The Kier molecular flexibility index (Phi) is 8.80. The molecule has 0 aliphatic rings. The van der Waals surface area contributed by atoms with Crippen LogP contribution in [-0.2, 0) is 19.2 Å². The lowest BCUT2D eigenvalue weighted by atomic mass is 10.2. The molecular weight excluding hydrogens is 267 g/mol. The maximum absolute atomic E-state index is 12.2. The summed E-state index contributed by atoms with van der Waals surface area (Å²) in [6, 6.07) is -3.03. The summed E-state index contributed by atoms with van der Waals surface area (Å²) < 4.78 is 12.2. The quantitative estimate of drug-likeness (QED) is 0.286. The molecule has 0 fully saturated rings. The molecule has 0 saturated carbocycles. The van der Waals surface area contributed by atoms with E-state index in [1.54, 1.807) is 0 Å². The molecule has 19 heavy (non-hydrogen) atoms. The van der Waals surface area contributed by atoms with Crippen molar-refractivity contribution in [2.24, 2.45) is 22.9 Å². The van der Waals surface area contributed by atoms with Crippen molar-refractivity contribution in [3.05, 3.63) is 0 Å². The normalized spacial score (nSPS) is 14.3. The number of carboxylic acids is 2. The van der Waals surface area contributed by atoms with E-state index < -0.39 is 42.0 Å². The Balaban J connectivity index is 0. The second-order valence-corrected chi connectivity index (χ2v) is 3.28. The van der Waals surface area contributed by atoms with E-state index in [1.807, 2.05) is 0 Å². The highest BCUT2D eigenvalue weighted by molar-refractivity contribution is 5.87. The summed E-state index contributed by atoms with van der Waals surface area (Å²) in [5, 5.41) is 16.1. The first-order valence-electron chi connectivity index (χ1n) is 4.69. The van der Waals surface area contributed by atoms with Gasteiger partial charge in [-0.1, -0.05) is 0 Å². The monoisotopic (exact) mass is 282 g/mol. The highest BCUT2D eigenvalue weighted by atomic mass is 19.1. The average Bonchev–Trinajstić information content (AvgIpc) is 2.26. The molecule has 10 N–H and O–H groups in total. The minimum atomic E-state index is -2.32. The fourth-order valence-electron chi connectivity index (χ4n) is 0.606. The van der Waals surface area contributed by atoms with Gasteiger partial charge in [0.1, 0.15) is 12.1 Å². The molecule has 0 aromatic carbocycles. The first kappa shape index (κ1) is 19.1. The zero-order valence-corrected chi connectivity index (χ0v) is 9.65. The Labute approximate surface area is 106 Å². The van der Waals surface area contributed by atoms with Crippen molar-refractivity contribution in [1.29, 1.82) is 0 Å². The van der Waals surface area contributed by atoms with E-state index in [-0.39, 0.29) is 6.42 Å². The maximum Gasteiger partial charge on any atom is 0.324 e. The van der Waals surface area contributed by atoms with E-state index in [9.17, 15) is 23.6 Å². The SMILES string of the molecule is NC(=O)C(F)[C@H](N)C(=O)O.NC(=O)C[C@H](N)C(=O)O. The zero-order valence-electron chi connectivity index (χ0n) is 9.65. The molecule has 0 aromatic rings. The van der Waals surface area contributed by atoms with E-state index in [0.29, 0.717) is 0 Å². The molecule has 0 aliphatic heterocycles. The van der Waals surface area contributed by atoms with Gasteiger partial charge in [0, 0.05) is 0 Å². The first-order chi connectivity index (χ1) is 8.50. The predicted octanol–water partition coefficient (Wildman–Crippen LogP) is -3.50. The minimum absolute atomic E-state index is 0.310. The molecule has 0 saturated heterocycles. The van der Waals surface area contributed by atoms with E-state index >= 15 is 0 Å². The predicted molar refractivity (Wildman–Crippen MR) is 59.1 cm³/mol. The molecule has 3 atom stereocenters. The minimum Gasteiger partial charge on any atom is -0.480 e. The third kappa shape index (κ3) is 9.43. The topological polar surface area (TPSA) is 213 Å². The van der Waals surface area contributed by atoms with E-state index in [4.69, 9.17) is 15.9 Å². The Hall–Kier alpha value is -2.27. The Morgan fingerprint density at radius 1 is 1.00 bits per heavy atom. The summed E-state index contributed by atoms with van der Waals surface area (Å²) in [6.45, 7) is 0. The van der Waals surface area contributed by atoms with Gasteiger partial charge in [0.25, 0.3) is 5.91 Å². The smallest absolute Gasteiger partial charge is 0.324 e. The largest absolute Gasteiger partial charge is 0.480 e. The van der Waals surface area contributed by atoms with Gasteiger partial charge in [0.15, 0.2) is 0 Å². The standard InChI is InChI=1S/C4H7FN2O3.C4H8N2O3/c5-1(3(7)8)2(6)4(9)10;5-2(4(8)9)1-3(6)7/h1-2H,6H2,(H2,7,8)(H,9,10);2H,1,5H2,(H2,6,7)(H,8,9)/t1?,2-;2-/m00/s1. The van der Waals surface area contributed by atoms with Crippen LogP contribution in [0.25, 0.3) is 0 Å². The summed E-state index contributed by atoms with van der Waals surface area (Å²) in [5.74, 6) is -4.88. The fraction of sp³-hybridized carbons (Fsp3) is 0.500. The van der Waals surface area contributed by atoms with Crippen LogP contribution < -0.4 is 22.9 Å². The lowest BCUT2D eigenvalue weighted by molar-refractivity contribution is -0.143. The molecule has 2 amide bonds. The summed E-state index contributed by atoms with van der Waals surface area (Å²) in [4.78, 5) is 39.7. The number of amides is 2. The first-order valence-corrected chi connectivity index (χ1v) is 4.69. The number of nitrogens with two attached hydrogens (primary N) is 4. The molecule has 0 aromatic heterocycles. The van der Waals surface area contributed by atoms with Gasteiger partial charge < -0.3 is 33.1 Å². The summed E-state index contributed by atoms with van der Waals surface area (Å²) in [7, 11) is 0. The number of aliphatic carboxylic acids is 2. The third-order valence-corrected chi connectivity index (χ3v) is 1.61. The van der Waals surface area contributed by atoms with Gasteiger partial charge in [-0.25, -0.2) is 4.39 Å². The number of carboxylic acid groups (broad SMARTS) is 2. The van der Waals surface area contributed by atoms with Gasteiger partial charge in [0.2, 0.25) is 12.1 Å². The van der Waals surface area contributed by atoms with Crippen molar-refractivity contribution in [2.75, 3.05) is 0 Å². The number of carbonyl (C=O) groups is 4. The number of hydrogen-bond donors (Lipinski definition) is 6. The van der Waals surface area contributed by atoms with Crippen molar-refractivity contribution in [1.82, 2.24) is 0 Å². The number of hydrogen-bond acceptors (Lipinski definition) is 6. The van der Waals surface area contributed by atoms with Crippen LogP contribution in [0.2, 0.25) is 0 Å². The molecule has 0 aliphatic carbocycles. The van der Waals surface area contributed by atoms with Gasteiger partial charge in [-0.3, -0.25) is 19.2 Å². The third-order valence-electron chi connectivity index (χ3n) is 1.61. The van der Waals surface area contributed by atoms with Crippen molar-refractivity contribution in [3.63, 3.8) is 0 Å². The van der Waals surface area contributed by atoms with Crippen LogP contribution in [0.3, 0.4) is 0 Å². The van der Waals surface area contributed by atoms with Gasteiger partial charge in [0.05, 0.1) is 6.42 Å². The number of carbonyl (C=O) groups excluding carboxylic acids is 2. The van der Waals surface area contributed by atoms with Crippen LogP contribution in [-0.4, -0.2) is 52.2 Å². The Morgan fingerprint density at radius 2 is 1.42 bits per heavy atom. The second kappa shape index (κ2) is 8.77. The number of primary amides is 2. The van der Waals surface area contributed by atoms with Crippen molar-refractivity contribution < 1.29 is 33.8 Å². The molecule has 1 unspecified atom stereocenters. The summed E-state index contributed by atoms with van der Waals surface area (Å²) in [5.41, 5.74) is 18.7. The number of halogens is 1. The number of alkyl halides is 1. The maximum atomic E-state index is 12.2. The van der Waals surface area contributed by atoms with Crippen LogP contribution >= 0.6 is 0 Å². The molecule has 0 heterocycles. The molecule has 0 bridgehead atoms. The zero-order chi connectivity index (χ0) is 15.7. The Morgan fingerprint density at radius 3 is 1.53 bits per heavy atom. The van der Waals surface area contributed by atoms with Crippen molar-refractivity contribution in [2.45, 2.75) is 24.7 Å².